The Hall–Kier alpha value is -0.870. The van der Waals surface area contributed by atoms with Crippen molar-refractivity contribution in [3.8, 4) is 0 Å². The van der Waals surface area contributed by atoms with Gasteiger partial charge in [-0.1, -0.05) is 6.07 Å². The van der Waals surface area contributed by atoms with E-state index in [1.165, 1.54) is 4.88 Å². The molecule has 0 saturated heterocycles. The highest BCUT2D eigenvalue weighted by Crippen LogP contribution is 2.10. The predicted octanol–water partition coefficient (Wildman–Crippen LogP) is 1.79. The van der Waals surface area contributed by atoms with Crippen LogP contribution >= 0.6 is 11.3 Å². The van der Waals surface area contributed by atoms with Crippen LogP contribution in [0.25, 0.3) is 0 Å². The van der Waals surface area contributed by atoms with Gasteiger partial charge in [-0.2, -0.15) is 0 Å². The van der Waals surface area contributed by atoms with Crippen LogP contribution in [0.1, 0.15) is 24.6 Å². The molecule has 1 aromatic heterocycles. The topological polar surface area (TPSA) is 41.1 Å². The van der Waals surface area contributed by atoms with Gasteiger partial charge in [0, 0.05) is 24.4 Å². The maximum atomic E-state index is 11.0. The number of hydrogen-bond acceptors (Lipinski definition) is 3. The van der Waals surface area contributed by atoms with E-state index >= 15 is 0 Å². The second-order valence-corrected chi connectivity index (χ2v) is 4.95. The molecule has 1 rings (SSSR count). The van der Waals surface area contributed by atoms with Crippen LogP contribution in [-0.2, 0) is 11.2 Å². The summed E-state index contributed by atoms with van der Waals surface area (Å²) in [6.45, 7) is 3.08. The normalized spacial score (nSPS) is 12.4. The van der Waals surface area contributed by atoms with E-state index in [-0.39, 0.29) is 5.91 Å². The Morgan fingerprint density at radius 3 is 3.00 bits per heavy atom. The van der Waals surface area contributed by atoms with Crippen LogP contribution in [0.3, 0.4) is 0 Å². The number of rotatable bonds is 7. The molecule has 2 N–H and O–H groups in total. The zero-order valence-electron chi connectivity index (χ0n) is 9.95. The summed E-state index contributed by atoms with van der Waals surface area (Å²) in [6.07, 6.45) is 2.57. The molecular weight excluding hydrogens is 220 g/mol. The van der Waals surface area contributed by atoms with Crippen molar-refractivity contribution in [1.29, 1.82) is 0 Å². The van der Waals surface area contributed by atoms with Crippen LogP contribution in [0.4, 0.5) is 0 Å². The monoisotopic (exact) mass is 240 g/mol. The Bertz CT molecular complexity index is 298. The van der Waals surface area contributed by atoms with Crippen LogP contribution in [0, 0.1) is 0 Å². The summed E-state index contributed by atoms with van der Waals surface area (Å²) in [5.41, 5.74) is 0. The van der Waals surface area contributed by atoms with E-state index in [2.05, 4.69) is 35.1 Å². The zero-order valence-corrected chi connectivity index (χ0v) is 10.8. The molecule has 0 bridgehead atoms. The van der Waals surface area contributed by atoms with Crippen molar-refractivity contribution in [2.24, 2.45) is 0 Å². The Labute approximate surface area is 101 Å². The zero-order chi connectivity index (χ0) is 11.8. The van der Waals surface area contributed by atoms with Gasteiger partial charge < -0.3 is 10.6 Å². The van der Waals surface area contributed by atoms with Crippen molar-refractivity contribution in [3.05, 3.63) is 22.4 Å². The molecule has 1 unspecified atom stereocenters. The van der Waals surface area contributed by atoms with Crippen molar-refractivity contribution in [1.82, 2.24) is 10.6 Å². The first kappa shape index (κ1) is 13.2. The fourth-order valence-electron chi connectivity index (χ4n) is 1.53. The first-order chi connectivity index (χ1) is 7.72. The Kier molecular flexibility index (Phi) is 6.11. The summed E-state index contributed by atoms with van der Waals surface area (Å²) in [4.78, 5) is 12.4. The molecule has 0 aliphatic heterocycles. The minimum Gasteiger partial charge on any atom is -0.359 e. The minimum atomic E-state index is 0.118. The number of hydrogen-bond donors (Lipinski definition) is 2. The summed E-state index contributed by atoms with van der Waals surface area (Å²) in [5, 5.41) is 8.16. The molecule has 4 heteroatoms. The van der Waals surface area contributed by atoms with E-state index in [9.17, 15) is 4.79 Å². The molecule has 0 spiro atoms. The molecule has 1 atom stereocenters. The molecule has 0 aliphatic rings. The maximum Gasteiger partial charge on any atom is 0.219 e. The van der Waals surface area contributed by atoms with Crippen molar-refractivity contribution in [3.63, 3.8) is 0 Å². The average Bonchev–Trinajstić information content (AvgIpc) is 2.76. The Balaban J connectivity index is 2.06. The van der Waals surface area contributed by atoms with Gasteiger partial charge in [0.1, 0.15) is 0 Å². The third-order valence-electron chi connectivity index (χ3n) is 2.44. The third kappa shape index (κ3) is 5.28. The molecule has 3 nitrogen and oxygen atoms in total. The smallest absolute Gasteiger partial charge is 0.219 e. The summed E-state index contributed by atoms with van der Waals surface area (Å²) in [5.74, 6) is 0.118. The van der Waals surface area contributed by atoms with Gasteiger partial charge in [0.25, 0.3) is 0 Å². The van der Waals surface area contributed by atoms with Gasteiger partial charge in [-0.05, 0) is 37.8 Å². The van der Waals surface area contributed by atoms with Gasteiger partial charge in [-0.25, -0.2) is 0 Å². The number of nitrogens with one attached hydrogen (secondary N) is 2. The lowest BCUT2D eigenvalue weighted by Gasteiger charge is -2.12. The summed E-state index contributed by atoms with van der Waals surface area (Å²) < 4.78 is 0. The molecule has 1 heterocycles. The van der Waals surface area contributed by atoms with E-state index in [1.54, 1.807) is 18.4 Å². The number of carbonyl (C=O) groups excluding carboxylic acids is 1. The van der Waals surface area contributed by atoms with Gasteiger partial charge in [-0.3, -0.25) is 4.79 Å². The van der Waals surface area contributed by atoms with E-state index in [0.717, 1.165) is 19.4 Å². The second kappa shape index (κ2) is 7.41. The second-order valence-electron chi connectivity index (χ2n) is 3.92. The van der Waals surface area contributed by atoms with Gasteiger partial charge in [0.2, 0.25) is 5.91 Å². The minimum absolute atomic E-state index is 0.118. The third-order valence-corrected chi connectivity index (χ3v) is 3.34. The molecule has 16 heavy (non-hydrogen) atoms. The average molecular weight is 240 g/mol. The van der Waals surface area contributed by atoms with Crippen molar-refractivity contribution in [2.45, 2.75) is 32.2 Å². The van der Waals surface area contributed by atoms with Gasteiger partial charge in [-0.15, -0.1) is 11.3 Å². The summed E-state index contributed by atoms with van der Waals surface area (Å²) in [6, 6.07) is 4.72. The SMILES string of the molecule is CNC(=O)CCCNC(C)Cc1cccs1. The first-order valence-electron chi connectivity index (χ1n) is 5.68. The molecule has 0 aromatic carbocycles. The lowest BCUT2D eigenvalue weighted by atomic mass is 10.2. The lowest BCUT2D eigenvalue weighted by molar-refractivity contribution is -0.120. The highest BCUT2D eigenvalue weighted by molar-refractivity contribution is 7.09. The van der Waals surface area contributed by atoms with Crippen molar-refractivity contribution in [2.75, 3.05) is 13.6 Å². The predicted molar refractivity (Wildman–Crippen MR) is 68.8 cm³/mol. The van der Waals surface area contributed by atoms with Crippen molar-refractivity contribution >= 4 is 17.2 Å². The molecule has 0 aliphatic carbocycles. The van der Waals surface area contributed by atoms with E-state index in [0.29, 0.717) is 12.5 Å². The summed E-state index contributed by atoms with van der Waals surface area (Å²) in [7, 11) is 1.68. The van der Waals surface area contributed by atoms with Crippen LogP contribution in [0.2, 0.25) is 0 Å². The molecule has 1 aromatic rings. The van der Waals surface area contributed by atoms with E-state index in [1.807, 2.05) is 0 Å². The van der Waals surface area contributed by atoms with Gasteiger partial charge in [0.05, 0.1) is 0 Å². The van der Waals surface area contributed by atoms with Crippen LogP contribution in [0.5, 0.6) is 0 Å². The molecular formula is C12H20N2OS. The number of thiophene rings is 1. The van der Waals surface area contributed by atoms with E-state index in [4.69, 9.17) is 0 Å². The van der Waals surface area contributed by atoms with Gasteiger partial charge >= 0.3 is 0 Å². The quantitative estimate of drug-likeness (QED) is 0.714. The molecule has 1 amide bonds. The molecule has 0 radical (unpaired) electrons. The van der Waals surface area contributed by atoms with Gasteiger partial charge in [0.15, 0.2) is 0 Å². The summed E-state index contributed by atoms with van der Waals surface area (Å²) >= 11 is 1.79. The number of carbonyl (C=O) groups is 1. The Morgan fingerprint density at radius 2 is 2.38 bits per heavy atom. The first-order valence-corrected chi connectivity index (χ1v) is 6.56. The fourth-order valence-corrected chi connectivity index (χ4v) is 2.36. The highest BCUT2D eigenvalue weighted by Gasteiger charge is 2.04. The van der Waals surface area contributed by atoms with Crippen LogP contribution in [-0.4, -0.2) is 25.5 Å². The Morgan fingerprint density at radius 1 is 1.56 bits per heavy atom. The van der Waals surface area contributed by atoms with Crippen molar-refractivity contribution < 1.29 is 4.79 Å². The standard InChI is InChI=1S/C12H20N2OS/c1-10(9-11-5-4-8-16-11)14-7-3-6-12(15)13-2/h4-5,8,10,14H,3,6-7,9H2,1-2H3,(H,13,15). The number of amides is 1. The molecule has 90 valence electrons. The van der Waals surface area contributed by atoms with Crippen LogP contribution in [0.15, 0.2) is 17.5 Å². The molecule has 0 fully saturated rings. The molecule has 0 saturated carbocycles. The highest BCUT2D eigenvalue weighted by atomic mass is 32.1. The maximum absolute atomic E-state index is 11.0. The lowest BCUT2D eigenvalue weighted by Crippen LogP contribution is -2.29. The van der Waals surface area contributed by atoms with Crippen LogP contribution < -0.4 is 10.6 Å². The fraction of sp³-hybridized carbons (Fsp3) is 0.583. The largest absolute Gasteiger partial charge is 0.359 e. The van der Waals surface area contributed by atoms with E-state index < -0.39 is 0 Å².